The highest BCUT2D eigenvalue weighted by atomic mass is 16.1. The molecule has 0 saturated carbocycles. The highest BCUT2D eigenvalue weighted by molar-refractivity contribution is 5.90. The Labute approximate surface area is 109 Å². The molecule has 5 heteroatoms. The molecule has 0 unspecified atom stereocenters. The second-order valence-corrected chi connectivity index (χ2v) is 4.61. The molecule has 19 heavy (non-hydrogen) atoms. The number of nitrogens with one attached hydrogen (secondary N) is 1. The molecule has 1 aromatic carbocycles. The maximum atomic E-state index is 12.0. The molecule has 0 bridgehead atoms. The Bertz CT molecular complexity index is 823. The number of aryl methyl sites for hydroxylation is 1. The van der Waals surface area contributed by atoms with Crippen molar-refractivity contribution in [2.75, 3.05) is 6.54 Å². The fourth-order valence-electron chi connectivity index (χ4n) is 2.13. The Balaban J connectivity index is 2.35. The van der Waals surface area contributed by atoms with Crippen LogP contribution in [-0.2, 0) is 6.42 Å². The number of benzene rings is 1. The molecule has 0 amide bonds. The molecular weight excluding hydrogens is 240 g/mol. The second-order valence-electron chi connectivity index (χ2n) is 4.61. The van der Waals surface area contributed by atoms with Gasteiger partial charge in [0.15, 0.2) is 5.65 Å². The average molecular weight is 254 g/mol. The van der Waals surface area contributed by atoms with Crippen LogP contribution < -0.4 is 11.3 Å². The molecule has 3 rings (SSSR count). The van der Waals surface area contributed by atoms with E-state index in [2.05, 4.69) is 15.0 Å². The summed E-state index contributed by atoms with van der Waals surface area (Å²) >= 11 is 0. The fourth-order valence-corrected chi connectivity index (χ4v) is 2.13. The second kappa shape index (κ2) is 4.44. The van der Waals surface area contributed by atoms with Crippen LogP contribution in [0.25, 0.3) is 21.9 Å². The van der Waals surface area contributed by atoms with E-state index in [-0.39, 0.29) is 5.56 Å². The number of fused-ring (bicyclic) bond motifs is 2. The first-order chi connectivity index (χ1) is 9.17. The Morgan fingerprint density at radius 3 is 2.89 bits per heavy atom. The molecule has 0 aliphatic heterocycles. The summed E-state index contributed by atoms with van der Waals surface area (Å²) in [5.74, 6) is 0.583. The van der Waals surface area contributed by atoms with Crippen LogP contribution in [0.15, 0.2) is 29.1 Å². The maximum Gasteiger partial charge on any atom is 0.260 e. The summed E-state index contributed by atoms with van der Waals surface area (Å²) in [7, 11) is 0. The third-order valence-electron chi connectivity index (χ3n) is 3.08. The topological polar surface area (TPSA) is 84.7 Å². The summed E-state index contributed by atoms with van der Waals surface area (Å²) in [6, 6.07) is 7.78. The molecular formula is C14H14N4O. The van der Waals surface area contributed by atoms with Crippen LogP contribution in [0, 0.1) is 6.92 Å². The summed E-state index contributed by atoms with van der Waals surface area (Å²) in [5.41, 5.74) is 7.78. The zero-order valence-corrected chi connectivity index (χ0v) is 10.6. The summed E-state index contributed by atoms with van der Waals surface area (Å²) in [6.07, 6.45) is 0.540. The van der Waals surface area contributed by atoms with Crippen LogP contribution >= 0.6 is 0 Å². The van der Waals surface area contributed by atoms with Gasteiger partial charge in [-0.05, 0) is 31.2 Å². The van der Waals surface area contributed by atoms with Gasteiger partial charge in [0.05, 0.1) is 10.9 Å². The predicted octanol–water partition coefficient (Wildman–Crippen LogP) is 1.28. The van der Waals surface area contributed by atoms with Crippen molar-refractivity contribution in [3.05, 3.63) is 46.0 Å². The minimum absolute atomic E-state index is 0.163. The largest absolute Gasteiger partial charge is 0.330 e. The Morgan fingerprint density at radius 2 is 2.11 bits per heavy atom. The average Bonchev–Trinajstić information content (AvgIpc) is 2.37. The molecule has 2 heterocycles. The van der Waals surface area contributed by atoms with Gasteiger partial charge < -0.3 is 10.7 Å². The number of pyridine rings is 1. The lowest BCUT2D eigenvalue weighted by Gasteiger charge is -2.04. The quantitative estimate of drug-likeness (QED) is 0.675. The number of nitrogens with zero attached hydrogens (tertiary/aromatic N) is 2. The first kappa shape index (κ1) is 11.8. The molecule has 0 aliphatic rings. The van der Waals surface area contributed by atoms with E-state index in [1.54, 1.807) is 0 Å². The van der Waals surface area contributed by atoms with Gasteiger partial charge in [-0.25, -0.2) is 9.97 Å². The molecule has 3 aromatic rings. The van der Waals surface area contributed by atoms with Crippen LogP contribution in [0.3, 0.4) is 0 Å². The molecule has 0 radical (unpaired) electrons. The van der Waals surface area contributed by atoms with E-state index in [1.165, 1.54) is 0 Å². The normalized spacial score (nSPS) is 11.3. The molecule has 5 nitrogen and oxygen atoms in total. The molecule has 0 atom stereocenters. The van der Waals surface area contributed by atoms with E-state index in [4.69, 9.17) is 5.73 Å². The molecule has 0 saturated heterocycles. The van der Waals surface area contributed by atoms with E-state index in [0.717, 1.165) is 16.5 Å². The van der Waals surface area contributed by atoms with Crippen molar-refractivity contribution in [3.8, 4) is 0 Å². The number of aromatic amines is 1. The fraction of sp³-hybridized carbons (Fsp3) is 0.214. The first-order valence-electron chi connectivity index (χ1n) is 6.18. The van der Waals surface area contributed by atoms with E-state index in [1.807, 2.05) is 31.2 Å². The number of H-pyrrole nitrogens is 1. The van der Waals surface area contributed by atoms with E-state index < -0.39 is 0 Å². The number of hydrogen-bond acceptors (Lipinski definition) is 4. The van der Waals surface area contributed by atoms with Crippen molar-refractivity contribution in [2.45, 2.75) is 13.3 Å². The van der Waals surface area contributed by atoms with Crippen molar-refractivity contribution < 1.29 is 0 Å². The minimum Gasteiger partial charge on any atom is -0.330 e. The zero-order chi connectivity index (χ0) is 13.4. The van der Waals surface area contributed by atoms with Gasteiger partial charge >= 0.3 is 0 Å². The van der Waals surface area contributed by atoms with E-state index >= 15 is 0 Å². The smallest absolute Gasteiger partial charge is 0.260 e. The number of nitrogens with two attached hydrogens (primary N) is 1. The highest BCUT2D eigenvalue weighted by Gasteiger charge is 2.07. The van der Waals surface area contributed by atoms with Gasteiger partial charge in [0.2, 0.25) is 0 Å². The number of rotatable bonds is 2. The lowest BCUT2D eigenvalue weighted by atomic mass is 10.1. The SMILES string of the molecule is Cc1ccc2cc3c(=O)[nH]c(CCN)nc3nc2c1. The van der Waals surface area contributed by atoms with Gasteiger partial charge in [-0.15, -0.1) is 0 Å². The molecule has 0 fully saturated rings. The molecule has 96 valence electrons. The monoisotopic (exact) mass is 254 g/mol. The molecule has 0 aliphatic carbocycles. The Kier molecular flexibility index (Phi) is 2.76. The van der Waals surface area contributed by atoms with Crippen LogP contribution in [0.2, 0.25) is 0 Å². The van der Waals surface area contributed by atoms with Crippen molar-refractivity contribution in [2.24, 2.45) is 5.73 Å². The standard InChI is InChI=1S/C14H14N4O/c1-8-2-3-9-7-10-13(16-11(9)6-8)17-12(4-5-15)18-14(10)19/h2-3,6-7H,4-5,15H2,1H3,(H,16,17,18,19). The zero-order valence-electron chi connectivity index (χ0n) is 10.6. The summed E-state index contributed by atoms with van der Waals surface area (Å²) < 4.78 is 0. The Hall–Kier alpha value is -2.27. The third-order valence-corrected chi connectivity index (χ3v) is 3.08. The van der Waals surface area contributed by atoms with Gasteiger partial charge in [0, 0.05) is 11.8 Å². The summed E-state index contributed by atoms with van der Waals surface area (Å²) in [6.45, 7) is 2.46. The Morgan fingerprint density at radius 1 is 1.26 bits per heavy atom. The van der Waals surface area contributed by atoms with Crippen molar-refractivity contribution >= 4 is 21.9 Å². The van der Waals surface area contributed by atoms with Crippen LogP contribution in [0.4, 0.5) is 0 Å². The number of hydrogen-bond donors (Lipinski definition) is 2. The molecule has 2 aromatic heterocycles. The van der Waals surface area contributed by atoms with E-state index in [0.29, 0.717) is 29.8 Å². The molecule has 0 spiro atoms. The first-order valence-corrected chi connectivity index (χ1v) is 6.18. The lowest BCUT2D eigenvalue weighted by Crippen LogP contribution is -2.15. The van der Waals surface area contributed by atoms with Gasteiger partial charge in [0.25, 0.3) is 5.56 Å². The lowest BCUT2D eigenvalue weighted by molar-refractivity contribution is 0.867. The van der Waals surface area contributed by atoms with Crippen LogP contribution in [0.5, 0.6) is 0 Å². The summed E-state index contributed by atoms with van der Waals surface area (Å²) in [4.78, 5) is 23.6. The van der Waals surface area contributed by atoms with Gasteiger partial charge in [-0.1, -0.05) is 12.1 Å². The van der Waals surface area contributed by atoms with Crippen LogP contribution in [-0.4, -0.2) is 21.5 Å². The van der Waals surface area contributed by atoms with E-state index in [9.17, 15) is 4.79 Å². The predicted molar refractivity (Wildman–Crippen MR) is 75.2 cm³/mol. The van der Waals surface area contributed by atoms with Gasteiger partial charge in [-0.2, -0.15) is 0 Å². The van der Waals surface area contributed by atoms with Gasteiger partial charge in [-0.3, -0.25) is 4.79 Å². The van der Waals surface area contributed by atoms with Gasteiger partial charge in [0.1, 0.15) is 5.82 Å². The van der Waals surface area contributed by atoms with Crippen molar-refractivity contribution in [1.29, 1.82) is 0 Å². The van der Waals surface area contributed by atoms with Crippen molar-refractivity contribution in [3.63, 3.8) is 0 Å². The number of aromatic nitrogens is 3. The van der Waals surface area contributed by atoms with Crippen LogP contribution in [0.1, 0.15) is 11.4 Å². The summed E-state index contributed by atoms with van der Waals surface area (Å²) in [5, 5.41) is 1.45. The third kappa shape index (κ3) is 2.08. The van der Waals surface area contributed by atoms with Crippen molar-refractivity contribution in [1.82, 2.24) is 15.0 Å². The highest BCUT2D eigenvalue weighted by Crippen LogP contribution is 2.17. The minimum atomic E-state index is -0.163. The maximum absolute atomic E-state index is 12.0. The molecule has 3 N–H and O–H groups in total.